The molecule has 0 aliphatic carbocycles. The van der Waals surface area contributed by atoms with Gasteiger partial charge < -0.3 is 4.74 Å². The number of unbranched alkanes of at least 4 members (excludes halogenated alkanes) is 1. The molecule has 74 valence electrons. The highest BCUT2D eigenvalue weighted by atomic mass is 35.5. The quantitative estimate of drug-likeness (QED) is 0.462. The SMILES string of the molecule is CCCCOC(CCC)C(Cl)Cl. The van der Waals surface area contributed by atoms with Crippen molar-refractivity contribution in [3.05, 3.63) is 0 Å². The molecule has 0 aromatic carbocycles. The lowest BCUT2D eigenvalue weighted by molar-refractivity contribution is 0.0541. The zero-order chi connectivity index (χ0) is 9.40. The van der Waals surface area contributed by atoms with E-state index in [-0.39, 0.29) is 10.9 Å². The molecule has 0 spiro atoms. The predicted molar refractivity (Wildman–Crippen MR) is 55.1 cm³/mol. The van der Waals surface area contributed by atoms with Gasteiger partial charge in [-0.25, -0.2) is 0 Å². The van der Waals surface area contributed by atoms with E-state index < -0.39 is 0 Å². The van der Waals surface area contributed by atoms with Crippen molar-refractivity contribution in [2.24, 2.45) is 0 Å². The molecule has 0 amide bonds. The number of hydrogen-bond donors (Lipinski definition) is 0. The first-order valence-corrected chi connectivity index (χ1v) is 5.49. The minimum Gasteiger partial charge on any atom is -0.375 e. The molecular formula is C9H18Cl2O. The Morgan fingerprint density at radius 2 is 1.83 bits per heavy atom. The van der Waals surface area contributed by atoms with Crippen molar-refractivity contribution in [1.82, 2.24) is 0 Å². The molecule has 12 heavy (non-hydrogen) atoms. The summed E-state index contributed by atoms with van der Waals surface area (Å²) in [7, 11) is 0. The monoisotopic (exact) mass is 212 g/mol. The lowest BCUT2D eigenvalue weighted by atomic mass is 10.2. The highest BCUT2D eigenvalue weighted by Gasteiger charge is 2.15. The number of alkyl halides is 2. The van der Waals surface area contributed by atoms with Gasteiger partial charge in [-0.05, 0) is 12.8 Å². The molecule has 0 aromatic rings. The third-order valence-electron chi connectivity index (χ3n) is 1.68. The van der Waals surface area contributed by atoms with Gasteiger partial charge >= 0.3 is 0 Å². The summed E-state index contributed by atoms with van der Waals surface area (Å²) in [5, 5.41) is 0. The Labute approximate surface area is 85.4 Å². The van der Waals surface area contributed by atoms with Gasteiger partial charge in [-0.1, -0.05) is 26.7 Å². The minimum absolute atomic E-state index is 0.0184. The smallest absolute Gasteiger partial charge is 0.133 e. The first kappa shape index (κ1) is 12.5. The van der Waals surface area contributed by atoms with Crippen LogP contribution < -0.4 is 0 Å². The van der Waals surface area contributed by atoms with Gasteiger partial charge in [0.05, 0.1) is 6.10 Å². The third kappa shape index (κ3) is 6.10. The molecule has 0 bridgehead atoms. The second-order valence-electron chi connectivity index (χ2n) is 2.89. The predicted octanol–water partition coefficient (Wildman–Crippen LogP) is 3.78. The number of halogens is 2. The van der Waals surface area contributed by atoms with Gasteiger partial charge in [-0.3, -0.25) is 0 Å². The molecule has 1 nitrogen and oxygen atoms in total. The second kappa shape index (κ2) is 8.15. The fourth-order valence-corrected chi connectivity index (χ4v) is 1.34. The van der Waals surface area contributed by atoms with Crippen molar-refractivity contribution >= 4 is 23.2 Å². The highest BCUT2D eigenvalue weighted by molar-refractivity contribution is 6.44. The molecule has 0 aliphatic heterocycles. The molecule has 0 radical (unpaired) electrons. The Hall–Kier alpha value is 0.540. The van der Waals surface area contributed by atoms with Crippen molar-refractivity contribution in [2.45, 2.75) is 50.5 Å². The van der Waals surface area contributed by atoms with Crippen molar-refractivity contribution in [3.63, 3.8) is 0 Å². The molecule has 1 atom stereocenters. The van der Waals surface area contributed by atoms with Crippen LogP contribution in [-0.4, -0.2) is 17.5 Å². The van der Waals surface area contributed by atoms with E-state index in [2.05, 4.69) is 13.8 Å². The Morgan fingerprint density at radius 1 is 1.17 bits per heavy atom. The standard InChI is InChI=1S/C9H18Cl2O/c1-3-5-7-12-8(6-4-2)9(10)11/h8-9H,3-7H2,1-2H3. The largest absolute Gasteiger partial charge is 0.375 e. The molecule has 0 saturated heterocycles. The third-order valence-corrected chi connectivity index (χ3v) is 2.25. The van der Waals surface area contributed by atoms with Crippen LogP contribution in [0.2, 0.25) is 0 Å². The average Bonchev–Trinajstić information content (AvgIpc) is 2.03. The minimum atomic E-state index is -0.387. The van der Waals surface area contributed by atoms with Crippen LogP contribution in [0.4, 0.5) is 0 Å². The van der Waals surface area contributed by atoms with E-state index in [1.807, 2.05) is 0 Å². The fraction of sp³-hybridized carbons (Fsp3) is 1.00. The molecule has 0 heterocycles. The Bertz CT molecular complexity index is 96.5. The van der Waals surface area contributed by atoms with Crippen LogP contribution in [0.3, 0.4) is 0 Å². The van der Waals surface area contributed by atoms with E-state index in [0.717, 1.165) is 32.3 Å². The molecule has 0 aromatic heterocycles. The van der Waals surface area contributed by atoms with E-state index in [9.17, 15) is 0 Å². The van der Waals surface area contributed by atoms with Crippen LogP contribution >= 0.6 is 23.2 Å². The van der Waals surface area contributed by atoms with Crippen LogP contribution in [0.1, 0.15) is 39.5 Å². The van der Waals surface area contributed by atoms with Crippen LogP contribution in [-0.2, 0) is 4.74 Å². The second-order valence-corrected chi connectivity index (χ2v) is 4.05. The zero-order valence-corrected chi connectivity index (χ0v) is 9.37. The van der Waals surface area contributed by atoms with Crippen molar-refractivity contribution in [3.8, 4) is 0 Å². The van der Waals surface area contributed by atoms with E-state index in [1.54, 1.807) is 0 Å². The lowest BCUT2D eigenvalue weighted by Crippen LogP contribution is -2.20. The normalized spacial score (nSPS) is 13.8. The first-order chi connectivity index (χ1) is 5.72. The van der Waals surface area contributed by atoms with E-state index in [4.69, 9.17) is 27.9 Å². The summed E-state index contributed by atoms with van der Waals surface area (Å²) in [5.41, 5.74) is 0. The van der Waals surface area contributed by atoms with Gasteiger partial charge in [0.1, 0.15) is 4.84 Å². The summed E-state index contributed by atoms with van der Waals surface area (Å²) >= 11 is 11.5. The van der Waals surface area contributed by atoms with Gasteiger partial charge in [-0.15, -0.1) is 23.2 Å². The summed E-state index contributed by atoms with van der Waals surface area (Å²) < 4.78 is 5.52. The van der Waals surface area contributed by atoms with Crippen LogP contribution in [0.5, 0.6) is 0 Å². The fourth-order valence-electron chi connectivity index (χ4n) is 0.946. The van der Waals surface area contributed by atoms with Gasteiger partial charge in [0.15, 0.2) is 0 Å². The maximum absolute atomic E-state index is 5.74. The lowest BCUT2D eigenvalue weighted by Gasteiger charge is -2.17. The number of ether oxygens (including phenoxy) is 1. The van der Waals surface area contributed by atoms with Crippen LogP contribution in [0.15, 0.2) is 0 Å². The zero-order valence-electron chi connectivity index (χ0n) is 7.85. The summed E-state index contributed by atoms with van der Waals surface area (Å²) in [4.78, 5) is -0.387. The van der Waals surface area contributed by atoms with Crippen molar-refractivity contribution in [1.29, 1.82) is 0 Å². The Balaban J connectivity index is 3.49. The molecule has 1 unspecified atom stereocenters. The maximum atomic E-state index is 5.74. The molecular weight excluding hydrogens is 195 g/mol. The van der Waals surface area contributed by atoms with E-state index in [0.29, 0.717) is 0 Å². The maximum Gasteiger partial charge on any atom is 0.133 e. The molecule has 3 heteroatoms. The number of hydrogen-bond acceptors (Lipinski definition) is 1. The topological polar surface area (TPSA) is 9.23 Å². The van der Waals surface area contributed by atoms with Gasteiger partial charge in [0.2, 0.25) is 0 Å². The van der Waals surface area contributed by atoms with E-state index in [1.165, 1.54) is 0 Å². The van der Waals surface area contributed by atoms with Gasteiger partial charge in [-0.2, -0.15) is 0 Å². The summed E-state index contributed by atoms with van der Waals surface area (Å²) in [6.45, 7) is 5.01. The molecule has 0 saturated carbocycles. The molecule has 0 aliphatic rings. The molecule has 0 rings (SSSR count). The summed E-state index contributed by atoms with van der Waals surface area (Å²) in [5.74, 6) is 0. The Morgan fingerprint density at radius 3 is 2.25 bits per heavy atom. The van der Waals surface area contributed by atoms with Gasteiger partial charge in [0, 0.05) is 6.61 Å². The molecule has 0 fully saturated rings. The Kier molecular flexibility index (Phi) is 8.52. The van der Waals surface area contributed by atoms with Gasteiger partial charge in [0.25, 0.3) is 0 Å². The highest BCUT2D eigenvalue weighted by Crippen LogP contribution is 2.16. The van der Waals surface area contributed by atoms with E-state index >= 15 is 0 Å². The van der Waals surface area contributed by atoms with Crippen LogP contribution in [0, 0.1) is 0 Å². The molecule has 0 N–H and O–H groups in total. The van der Waals surface area contributed by atoms with Crippen LogP contribution in [0.25, 0.3) is 0 Å². The average molecular weight is 213 g/mol. The summed E-state index contributed by atoms with van der Waals surface area (Å²) in [6.07, 6.45) is 4.26. The number of rotatable bonds is 7. The van der Waals surface area contributed by atoms with Crippen molar-refractivity contribution in [2.75, 3.05) is 6.61 Å². The summed E-state index contributed by atoms with van der Waals surface area (Å²) in [6, 6.07) is 0. The first-order valence-electron chi connectivity index (χ1n) is 4.62. The van der Waals surface area contributed by atoms with Crippen molar-refractivity contribution < 1.29 is 4.74 Å².